The van der Waals surface area contributed by atoms with Gasteiger partial charge < -0.3 is 14.2 Å². The fourth-order valence-electron chi connectivity index (χ4n) is 9.75. The molecule has 0 rings (SSSR count). The molecule has 0 aliphatic carbocycles. The van der Waals surface area contributed by atoms with Crippen molar-refractivity contribution in [3.63, 3.8) is 0 Å². The molecular formula is C77H130O6. The van der Waals surface area contributed by atoms with Crippen LogP contribution in [0.2, 0.25) is 0 Å². The molecule has 0 saturated carbocycles. The van der Waals surface area contributed by atoms with Crippen LogP contribution in [0.15, 0.2) is 122 Å². The lowest BCUT2D eigenvalue weighted by molar-refractivity contribution is -0.167. The fraction of sp³-hybridized carbons (Fsp3) is 0.701. The SMILES string of the molecule is CC/C=C\C/C=C\C/C=C\C/C=C\CCCCCCCCC(=O)OC(COC(=O)CCCCCCC/C=C\C/C=C\C/C=C\CC)COC(=O)CCCCCCCCCCCCCCCCCC/C=C\C/C=C\C/C=C\CCCCCCC. The number of carbonyl (C=O) groups excluding carboxylic acids is 3. The highest BCUT2D eigenvalue weighted by atomic mass is 16.6. The van der Waals surface area contributed by atoms with Crippen LogP contribution in [-0.2, 0) is 28.6 Å². The third-order valence-corrected chi connectivity index (χ3v) is 14.9. The Balaban J connectivity index is 4.28. The Bertz CT molecular complexity index is 1700. The number of allylic oxidation sites excluding steroid dienone is 20. The molecule has 0 bridgehead atoms. The van der Waals surface area contributed by atoms with Gasteiger partial charge in [-0.15, -0.1) is 0 Å². The summed E-state index contributed by atoms with van der Waals surface area (Å²) in [4.78, 5) is 38.4. The lowest BCUT2D eigenvalue weighted by Crippen LogP contribution is -2.30. The summed E-state index contributed by atoms with van der Waals surface area (Å²) in [7, 11) is 0. The lowest BCUT2D eigenvalue weighted by Gasteiger charge is -2.18. The molecule has 0 spiro atoms. The molecule has 1 atom stereocenters. The van der Waals surface area contributed by atoms with Gasteiger partial charge in [0.25, 0.3) is 0 Å². The Labute approximate surface area is 513 Å². The summed E-state index contributed by atoms with van der Waals surface area (Å²) in [6, 6.07) is 0. The lowest BCUT2D eigenvalue weighted by atomic mass is 10.0. The molecule has 0 saturated heterocycles. The van der Waals surface area contributed by atoms with Crippen LogP contribution >= 0.6 is 0 Å². The second kappa shape index (κ2) is 70.3. The summed E-state index contributed by atoms with van der Waals surface area (Å²) < 4.78 is 16.9. The van der Waals surface area contributed by atoms with Crippen molar-refractivity contribution < 1.29 is 28.6 Å². The monoisotopic (exact) mass is 1150 g/mol. The van der Waals surface area contributed by atoms with E-state index in [1.165, 1.54) is 141 Å². The Kier molecular flexibility index (Phi) is 66.7. The third-order valence-electron chi connectivity index (χ3n) is 14.9. The van der Waals surface area contributed by atoms with E-state index in [0.29, 0.717) is 19.3 Å². The molecule has 1 unspecified atom stereocenters. The van der Waals surface area contributed by atoms with Crippen LogP contribution in [0.4, 0.5) is 0 Å². The standard InChI is InChI=1S/C77H130O6/c1-4-7-10-13-16-19-22-25-28-30-32-33-34-35-36-37-38-39-40-41-42-43-45-46-49-52-55-58-61-64-67-70-76(79)82-73-74(72-81-75(78)69-66-63-60-57-54-51-48-27-24-21-18-15-12-9-6-3)83-77(80)71-68-65-62-59-56-53-50-47-44-31-29-26-23-20-17-14-11-8-5-2/h8-9,11-12,17-18,20-22,25-27,29-30,32,34-35,44,47-48,74H,4-7,10,13-16,19,23-24,28,31,33,36-43,45-46,49-73H2,1-3H3/b11-8-,12-9-,20-17-,21-18-,25-22-,29-26-,32-30-,35-34-,47-44-,48-27-. The minimum atomic E-state index is -0.797. The molecule has 0 radical (unpaired) electrons. The zero-order chi connectivity index (χ0) is 59.9. The molecule has 0 aromatic rings. The molecule has 0 aliphatic heterocycles. The van der Waals surface area contributed by atoms with E-state index in [9.17, 15) is 14.4 Å². The Morgan fingerprint density at radius 3 is 0.735 bits per heavy atom. The normalized spacial score (nSPS) is 12.9. The van der Waals surface area contributed by atoms with E-state index in [4.69, 9.17) is 14.2 Å². The average Bonchev–Trinajstić information content (AvgIpc) is 3.49. The second-order valence-electron chi connectivity index (χ2n) is 23.0. The van der Waals surface area contributed by atoms with Crippen molar-refractivity contribution >= 4 is 17.9 Å². The van der Waals surface area contributed by atoms with E-state index in [2.05, 4.69) is 142 Å². The zero-order valence-corrected chi connectivity index (χ0v) is 54.4. The van der Waals surface area contributed by atoms with Gasteiger partial charge in [0.2, 0.25) is 0 Å². The topological polar surface area (TPSA) is 78.9 Å². The van der Waals surface area contributed by atoms with Crippen molar-refractivity contribution in [2.24, 2.45) is 0 Å². The maximum atomic E-state index is 12.9. The Hall–Kier alpha value is -4.19. The van der Waals surface area contributed by atoms with Crippen molar-refractivity contribution in [2.75, 3.05) is 13.2 Å². The molecule has 0 N–H and O–H groups in total. The quantitative estimate of drug-likeness (QED) is 0.0261. The number of esters is 3. The summed E-state index contributed by atoms with van der Waals surface area (Å²) in [5.74, 6) is -0.913. The first-order valence-electron chi connectivity index (χ1n) is 35.0. The minimum absolute atomic E-state index is 0.0903. The number of unbranched alkanes of at least 4 members (excludes halogenated alkanes) is 32. The molecule has 0 aromatic heterocycles. The predicted molar refractivity (Wildman–Crippen MR) is 362 cm³/mol. The largest absolute Gasteiger partial charge is 0.462 e. The summed E-state index contributed by atoms with van der Waals surface area (Å²) in [6.45, 7) is 6.40. The highest BCUT2D eigenvalue weighted by Crippen LogP contribution is 2.17. The number of hydrogen-bond acceptors (Lipinski definition) is 6. The average molecular weight is 1150 g/mol. The van der Waals surface area contributed by atoms with Crippen molar-refractivity contribution in [3.8, 4) is 0 Å². The highest BCUT2D eigenvalue weighted by molar-refractivity contribution is 5.71. The van der Waals surface area contributed by atoms with Crippen LogP contribution in [0.1, 0.15) is 329 Å². The maximum Gasteiger partial charge on any atom is 0.306 e. The molecule has 0 amide bonds. The van der Waals surface area contributed by atoms with Crippen LogP contribution in [0.3, 0.4) is 0 Å². The summed E-state index contributed by atoms with van der Waals surface area (Å²) >= 11 is 0. The summed E-state index contributed by atoms with van der Waals surface area (Å²) in [5, 5.41) is 0. The van der Waals surface area contributed by atoms with Crippen molar-refractivity contribution in [3.05, 3.63) is 122 Å². The first-order valence-corrected chi connectivity index (χ1v) is 35.0. The van der Waals surface area contributed by atoms with E-state index in [0.717, 1.165) is 148 Å². The second-order valence-corrected chi connectivity index (χ2v) is 23.0. The number of ether oxygens (including phenoxy) is 3. The summed E-state index contributed by atoms with van der Waals surface area (Å²) in [6.07, 6.45) is 98.0. The van der Waals surface area contributed by atoms with Gasteiger partial charge in [0, 0.05) is 19.3 Å². The van der Waals surface area contributed by atoms with Crippen molar-refractivity contribution in [2.45, 2.75) is 335 Å². The van der Waals surface area contributed by atoms with Gasteiger partial charge in [-0.1, -0.05) is 303 Å². The van der Waals surface area contributed by atoms with E-state index in [1.807, 2.05) is 0 Å². The van der Waals surface area contributed by atoms with Gasteiger partial charge in [0.1, 0.15) is 13.2 Å². The van der Waals surface area contributed by atoms with Gasteiger partial charge in [-0.05, 0) is 128 Å². The van der Waals surface area contributed by atoms with Crippen LogP contribution in [0.25, 0.3) is 0 Å². The molecule has 0 heterocycles. The highest BCUT2D eigenvalue weighted by Gasteiger charge is 2.19. The predicted octanol–water partition coefficient (Wildman–Crippen LogP) is 24.3. The smallest absolute Gasteiger partial charge is 0.306 e. The molecule has 474 valence electrons. The van der Waals surface area contributed by atoms with Crippen molar-refractivity contribution in [1.29, 1.82) is 0 Å². The van der Waals surface area contributed by atoms with Gasteiger partial charge in [-0.2, -0.15) is 0 Å². The van der Waals surface area contributed by atoms with Crippen LogP contribution in [0.5, 0.6) is 0 Å². The van der Waals surface area contributed by atoms with Gasteiger partial charge in [-0.3, -0.25) is 14.4 Å². The molecular weight excluding hydrogens is 1020 g/mol. The van der Waals surface area contributed by atoms with E-state index in [1.54, 1.807) is 0 Å². The van der Waals surface area contributed by atoms with Crippen LogP contribution in [0, 0.1) is 0 Å². The molecule has 6 heteroatoms. The van der Waals surface area contributed by atoms with E-state index < -0.39 is 6.10 Å². The van der Waals surface area contributed by atoms with Gasteiger partial charge in [0.15, 0.2) is 6.10 Å². The molecule has 0 fully saturated rings. The van der Waals surface area contributed by atoms with Gasteiger partial charge in [0.05, 0.1) is 0 Å². The third kappa shape index (κ3) is 68.5. The van der Waals surface area contributed by atoms with Crippen molar-refractivity contribution in [1.82, 2.24) is 0 Å². The van der Waals surface area contributed by atoms with Gasteiger partial charge >= 0.3 is 17.9 Å². The zero-order valence-electron chi connectivity index (χ0n) is 54.4. The Morgan fingerprint density at radius 2 is 0.470 bits per heavy atom. The molecule has 6 nitrogen and oxygen atoms in total. The summed E-state index contributed by atoms with van der Waals surface area (Å²) in [5.41, 5.74) is 0. The minimum Gasteiger partial charge on any atom is -0.462 e. The number of carbonyl (C=O) groups is 3. The maximum absolute atomic E-state index is 12.9. The van der Waals surface area contributed by atoms with Gasteiger partial charge in [-0.25, -0.2) is 0 Å². The number of rotatable bonds is 63. The first-order chi connectivity index (χ1) is 41.0. The Morgan fingerprint density at radius 1 is 0.253 bits per heavy atom. The molecule has 83 heavy (non-hydrogen) atoms. The number of hydrogen-bond donors (Lipinski definition) is 0. The van der Waals surface area contributed by atoms with Crippen LogP contribution in [-0.4, -0.2) is 37.2 Å². The fourth-order valence-corrected chi connectivity index (χ4v) is 9.75. The molecule has 0 aromatic carbocycles. The van der Waals surface area contributed by atoms with Crippen LogP contribution < -0.4 is 0 Å². The first kappa shape index (κ1) is 78.8. The molecule has 0 aliphatic rings. The van der Waals surface area contributed by atoms with E-state index in [-0.39, 0.29) is 31.1 Å². The van der Waals surface area contributed by atoms with E-state index >= 15 is 0 Å².